The van der Waals surface area contributed by atoms with Gasteiger partial charge in [0, 0.05) is 22.1 Å². The van der Waals surface area contributed by atoms with Crippen molar-refractivity contribution in [3.05, 3.63) is 76.1 Å². The van der Waals surface area contributed by atoms with Crippen molar-refractivity contribution in [1.82, 2.24) is 9.97 Å². The third-order valence-corrected chi connectivity index (χ3v) is 4.04. The van der Waals surface area contributed by atoms with Crippen LogP contribution in [0.25, 0.3) is 0 Å². The van der Waals surface area contributed by atoms with E-state index in [0.717, 1.165) is 16.8 Å². The van der Waals surface area contributed by atoms with Crippen molar-refractivity contribution in [3.63, 3.8) is 0 Å². The van der Waals surface area contributed by atoms with Gasteiger partial charge in [0.2, 0.25) is 5.95 Å². The summed E-state index contributed by atoms with van der Waals surface area (Å²) in [5.74, 6) is 0.0664. The molecule has 6 heteroatoms. The molecule has 0 saturated carbocycles. The van der Waals surface area contributed by atoms with Crippen molar-refractivity contribution in [2.75, 3.05) is 10.6 Å². The van der Waals surface area contributed by atoms with E-state index >= 15 is 0 Å². The Labute approximate surface area is 157 Å². The van der Waals surface area contributed by atoms with Crippen molar-refractivity contribution in [1.29, 1.82) is 0 Å². The molecule has 3 aromatic rings. The van der Waals surface area contributed by atoms with Crippen LogP contribution in [0.15, 0.2) is 48.5 Å². The summed E-state index contributed by atoms with van der Waals surface area (Å²) in [6, 6.07) is 14.9. The highest BCUT2D eigenvalue weighted by Gasteiger charge is 2.12. The van der Waals surface area contributed by atoms with Gasteiger partial charge in [-0.15, -0.1) is 0 Å². The van der Waals surface area contributed by atoms with E-state index in [-0.39, 0.29) is 11.6 Å². The first-order chi connectivity index (χ1) is 12.4. The molecule has 3 rings (SSSR count). The van der Waals surface area contributed by atoms with Crippen LogP contribution in [0, 0.1) is 20.8 Å². The molecule has 0 saturated heterocycles. The number of aromatic nitrogens is 2. The maximum absolute atomic E-state index is 12.6. The van der Waals surface area contributed by atoms with Crippen molar-refractivity contribution >= 4 is 34.8 Å². The molecular formula is C20H19ClN4O. The van der Waals surface area contributed by atoms with E-state index in [9.17, 15) is 4.79 Å². The Morgan fingerprint density at radius 1 is 1.00 bits per heavy atom. The third kappa shape index (κ3) is 4.37. The first-order valence-corrected chi connectivity index (χ1v) is 8.55. The topological polar surface area (TPSA) is 66.9 Å². The zero-order chi connectivity index (χ0) is 18.7. The lowest BCUT2D eigenvalue weighted by molar-refractivity contribution is 0.102. The van der Waals surface area contributed by atoms with Gasteiger partial charge in [-0.05, 0) is 62.2 Å². The van der Waals surface area contributed by atoms with Gasteiger partial charge < -0.3 is 10.6 Å². The number of rotatable bonds is 4. The molecule has 0 aliphatic heterocycles. The Kier molecular flexibility index (Phi) is 5.19. The number of amides is 1. The zero-order valence-corrected chi connectivity index (χ0v) is 15.6. The van der Waals surface area contributed by atoms with E-state index in [1.54, 1.807) is 18.2 Å². The monoisotopic (exact) mass is 366 g/mol. The molecule has 2 aromatic carbocycles. The van der Waals surface area contributed by atoms with Crippen LogP contribution in [-0.2, 0) is 0 Å². The highest BCUT2D eigenvalue weighted by Crippen LogP contribution is 2.21. The number of benzene rings is 2. The fraction of sp³-hybridized carbons (Fsp3) is 0.150. The predicted octanol–water partition coefficient (Wildman–Crippen LogP) is 5.05. The second-order valence-corrected chi connectivity index (χ2v) is 6.56. The molecule has 0 spiro atoms. The first kappa shape index (κ1) is 17.9. The maximum Gasteiger partial charge on any atom is 0.274 e. The lowest BCUT2D eigenvalue weighted by Crippen LogP contribution is -2.16. The minimum atomic E-state index is -0.312. The number of nitrogens with one attached hydrogen (secondary N) is 2. The van der Waals surface area contributed by atoms with Gasteiger partial charge in [0.05, 0.1) is 0 Å². The van der Waals surface area contributed by atoms with E-state index in [2.05, 4.69) is 20.6 Å². The molecule has 0 atom stereocenters. The van der Waals surface area contributed by atoms with E-state index in [1.807, 2.05) is 51.1 Å². The quantitative estimate of drug-likeness (QED) is 0.678. The predicted molar refractivity (Wildman–Crippen MR) is 105 cm³/mol. The average Bonchev–Trinajstić information content (AvgIpc) is 2.57. The van der Waals surface area contributed by atoms with Crippen LogP contribution in [0.1, 0.15) is 27.3 Å². The van der Waals surface area contributed by atoms with E-state index < -0.39 is 0 Å². The summed E-state index contributed by atoms with van der Waals surface area (Å²) in [5, 5.41) is 6.56. The Hall–Kier alpha value is -2.92. The number of anilines is 3. The number of hydrogen-bond acceptors (Lipinski definition) is 4. The SMILES string of the molecule is Cc1cccc(Nc2nc(C)cc(C(=O)Nc3cc(Cl)ccc3C)n2)c1. The summed E-state index contributed by atoms with van der Waals surface area (Å²) < 4.78 is 0. The van der Waals surface area contributed by atoms with Gasteiger partial charge in [0.25, 0.3) is 5.91 Å². The molecule has 0 unspecified atom stereocenters. The number of hydrogen-bond donors (Lipinski definition) is 2. The summed E-state index contributed by atoms with van der Waals surface area (Å²) in [7, 11) is 0. The Balaban J connectivity index is 1.84. The van der Waals surface area contributed by atoms with Crippen LogP contribution in [0.3, 0.4) is 0 Å². The zero-order valence-electron chi connectivity index (χ0n) is 14.8. The lowest BCUT2D eigenvalue weighted by Gasteiger charge is -2.11. The fourth-order valence-corrected chi connectivity index (χ4v) is 2.68. The minimum absolute atomic E-state index is 0.284. The molecule has 1 aromatic heterocycles. The Bertz CT molecular complexity index is 972. The molecule has 2 N–H and O–H groups in total. The number of aryl methyl sites for hydroxylation is 3. The molecule has 26 heavy (non-hydrogen) atoms. The van der Waals surface area contributed by atoms with Gasteiger partial charge in [0.1, 0.15) is 5.69 Å². The average molecular weight is 367 g/mol. The van der Waals surface area contributed by atoms with E-state index in [4.69, 9.17) is 11.6 Å². The lowest BCUT2D eigenvalue weighted by atomic mass is 10.2. The number of carbonyl (C=O) groups is 1. The minimum Gasteiger partial charge on any atom is -0.324 e. The first-order valence-electron chi connectivity index (χ1n) is 8.17. The Morgan fingerprint density at radius 2 is 1.81 bits per heavy atom. The van der Waals surface area contributed by atoms with Gasteiger partial charge in [-0.25, -0.2) is 9.97 Å². The highest BCUT2D eigenvalue weighted by atomic mass is 35.5. The van der Waals surface area contributed by atoms with Crippen LogP contribution < -0.4 is 10.6 Å². The van der Waals surface area contributed by atoms with Gasteiger partial charge >= 0.3 is 0 Å². The summed E-state index contributed by atoms with van der Waals surface area (Å²) >= 11 is 6.01. The van der Waals surface area contributed by atoms with Gasteiger partial charge in [-0.3, -0.25) is 4.79 Å². The third-order valence-electron chi connectivity index (χ3n) is 3.81. The maximum atomic E-state index is 12.6. The molecule has 5 nitrogen and oxygen atoms in total. The van der Waals surface area contributed by atoms with Gasteiger partial charge in [-0.2, -0.15) is 0 Å². The fourth-order valence-electron chi connectivity index (χ4n) is 2.51. The second-order valence-electron chi connectivity index (χ2n) is 6.13. The van der Waals surface area contributed by atoms with Crippen LogP contribution >= 0.6 is 11.6 Å². The number of nitrogens with zero attached hydrogens (tertiary/aromatic N) is 2. The molecule has 1 heterocycles. The molecule has 0 aliphatic rings. The largest absolute Gasteiger partial charge is 0.324 e. The molecule has 0 radical (unpaired) electrons. The smallest absolute Gasteiger partial charge is 0.274 e. The van der Waals surface area contributed by atoms with Crippen LogP contribution in [0.5, 0.6) is 0 Å². The standard InChI is InChI=1S/C20H19ClN4O/c1-12-5-4-6-16(9-12)23-20-22-14(3)10-18(25-20)19(26)24-17-11-15(21)8-7-13(17)2/h4-11H,1-3H3,(H,24,26)(H,22,23,25). The van der Waals surface area contributed by atoms with E-state index in [0.29, 0.717) is 22.4 Å². The summed E-state index contributed by atoms with van der Waals surface area (Å²) in [6.07, 6.45) is 0. The summed E-state index contributed by atoms with van der Waals surface area (Å²) in [5.41, 5.74) is 4.55. The molecule has 0 bridgehead atoms. The number of halogens is 1. The van der Waals surface area contributed by atoms with Crippen LogP contribution in [0.4, 0.5) is 17.3 Å². The summed E-state index contributed by atoms with van der Waals surface area (Å²) in [6.45, 7) is 5.74. The van der Waals surface area contributed by atoms with Crippen molar-refractivity contribution in [2.45, 2.75) is 20.8 Å². The Morgan fingerprint density at radius 3 is 2.58 bits per heavy atom. The molecule has 132 valence electrons. The van der Waals surface area contributed by atoms with Gasteiger partial charge in [-0.1, -0.05) is 29.8 Å². The van der Waals surface area contributed by atoms with Crippen LogP contribution in [0.2, 0.25) is 5.02 Å². The van der Waals surface area contributed by atoms with Crippen molar-refractivity contribution in [2.24, 2.45) is 0 Å². The summed E-state index contributed by atoms with van der Waals surface area (Å²) in [4.78, 5) is 21.3. The van der Waals surface area contributed by atoms with Gasteiger partial charge in [0.15, 0.2) is 0 Å². The normalized spacial score (nSPS) is 10.5. The second kappa shape index (κ2) is 7.54. The molecule has 0 fully saturated rings. The van der Waals surface area contributed by atoms with E-state index in [1.165, 1.54) is 0 Å². The van der Waals surface area contributed by atoms with Crippen molar-refractivity contribution in [3.8, 4) is 0 Å². The molecule has 1 amide bonds. The molecular weight excluding hydrogens is 348 g/mol. The number of carbonyl (C=O) groups excluding carboxylic acids is 1. The van der Waals surface area contributed by atoms with Crippen molar-refractivity contribution < 1.29 is 4.79 Å². The highest BCUT2D eigenvalue weighted by molar-refractivity contribution is 6.31. The molecule has 0 aliphatic carbocycles. The van der Waals surface area contributed by atoms with Crippen LogP contribution in [-0.4, -0.2) is 15.9 Å².